The lowest BCUT2D eigenvalue weighted by Gasteiger charge is -2.28. The van der Waals surface area contributed by atoms with E-state index < -0.39 is 0 Å². The molecule has 0 aliphatic heterocycles. The summed E-state index contributed by atoms with van der Waals surface area (Å²) < 4.78 is 6.22. The van der Waals surface area contributed by atoms with Crippen molar-refractivity contribution in [2.45, 2.75) is 58.5 Å². The molecule has 1 fully saturated rings. The monoisotopic (exact) mass is 232 g/mol. The molecule has 1 nitrogen and oxygen atoms in total. The maximum atomic E-state index is 6.22. The van der Waals surface area contributed by atoms with Crippen LogP contribution >= 0.6 is 0 Å². The van der Waals surface area contributed by atoms with Gasteiger partial charge in [-0.3, -0.25) is 0 Å². The zero-order valence-corrected chi connectivity index (χ0v) is 11.3. The highest BCUT2D eigenvalue weighted by Gasteiger charge is 2.21. The average molecular weight is 232 g/mol. The van der Waals surface area contributed by atoms with Crippen molar-refractivity contribution in [3.05, 3.63) is 29.8 Å². The lowest BCUT2D eigenvalue weighted by molar-refractivity contribution is 0.127. The molecular weight excluding hydrogens is 208 g/mol. The fraction of sp³-hybridized carbons (Fsp3) is 0.625. The van der Waals surface area contributed by atoms with E-state index in [0.717, 1.165) is 11.7 Å². The Kier molecular flexibility index (Phi) is 4.09. The fourth-order valence-corrected chi connectivity index (χ4v) is 2.73. The first-order chi connectivity index (χ1) is 8.16. The van der Waals surface area contributed by atoms with E-state index in [-0.39, 0.29) is 0 Å². The van der Waals surface area contributed by atoms with Gasteiger partial charge in [0.2, 0.25) is 0 Å². The van der Waals surface area contributed by atoms with Gasteiger partial charge in [0.15, 0.2) is 0 Å². The molecular formula is C16H24O. The molecule has 1 heteroatoms. The first-order valence-corrected chi connectivity index (χ1v) is 6.92. The fourth-order valence-electron chi connectivity index (χ4n) is 2.73. The van der Waals surface area contributed by atoms with Gasteiger partial charge in [-0.2, -0.15) is 0 Å². The topological polar surface area (TPSA) is 9.23 Å². The molecule has 2 rings (SSSR count). The molecule has 0 saturated heterocycles. The van der Waals surface area contributed by atoms with Crippen LogP contribution in [0.25, 0.3) is 0 Å². The Bertz CT molecular complexity index is 356. The van der Waals surface area contributed by atoms with E-state index in [1.807, 2.05) is 0 Å². The first kappa shape index (κ1) is 12.5. The van der Waals surface area contributed by atoms with Crippen LogP contribution in [-0.4, -0.2) is 6.10 Å². The molecule has 94 valence electrons. The molecule has 2 unspecified atom stereocenters. The highest BCUT2D eigenvalue weighted by molar-refractivity contribution is 5.35. The van der Waals surface area contributed by atoms with Gasteiger partial charge in [0.05, 0.1) is 6.10 Å². The quantitative estimate of drug-likeness (QED) is 0.729. The van der Waals surface area contributed by atoms with Crippen LogP contribution in [0.15, 0.2) is 24.3 Å². The lowest BCUT2D eigenvalue weighted by Crippen LogP contribution is -2.24. The van der Waals surface area contributed by atoms with Gasteiger partial charge in [-0.15, -0.1) is 0 Å². The van der Waals surface area contributed by atoms with Crippen molar-refractivity contribution in [2.75, 3.05) is 0 Å². The standard InChI is InChI=1S/C16H24O/c1-12(2)15-9-4-5-10-16(15)17-14-8-6-7-13(3)11-14/h4-5,9-10,12-14H,6-8,11H2,1-3H3. The Hall–Kier alpha value is -0.980. The highest BCUT2D eigenvalue weighted by Crippen LogP contribution is 2.31. The summed E-state index contributed by atoms with van der Waals surface area (Å²) in [4.78, 5) is 0. The Morgan fingerprint density at radius 1 is 1.18 bits per heavy atom. The van der Waals surface area contributed by atoms with E-state index in [1.165, 1.54) is 31.2 Å². The van der Waals surface area contributed by atoms with Gasteiger partial charge in [0.1, 0.15) is 5.75 Å². The Morgan fingerprint density at radius 3 is 2.65 bits per heavy atom. The zero-order valence-electron chi connectivity index (χ0n) is 11.3. The van der Waals surface area contributed by atoms with Gasteiger partial charge in [-0.25, -0.2) is 0 Å². The van der Waals surface area contributed by atoms with Crippen molar-refractivity contribution in [1.82, 2.24) is 0 Å². The third-order valence-electron chi connectivity index (χ3n) is 3.72. The van der Waals surface area contributed by atoms with Crippen molar-refractivity contribution in [3.63, 3.8) is 0 Å². The molecule has 1 aliphatic rings. The van der Waals surface area contributed by atoms with E-state index in [1.54, 1.807) is 0 Å². The minimum atomic E-state index is 0.429. The second kappa shape index (κ2) is 5.57. The normalized spacial score (nSPS) is 24.9. The van der Waals surface area contributed by atoms with Crippen molar-refractivity contribution >= 4 is 0 Å². The SMILES string of the molecule is CC1CCCC(Oc2ccccc2C(C)C)C1. The molecule has 0 N–H and O–H groups in total. The minimum absolute atomic E-state index is 0.429. The summed E-state index contributed by atoms with van der Waals surface area (Å²) in [5.41, 5.74) is 1.34. The number of para-hydroxylation sites is 1. The largest absolute Gasteiger partial charge is 0.490 e. The third-order valence-corrected chi connectivity index (χ3v) is 3.72. The van der Waals surface area contributed by atoms with Gasteiger partial charge < -0.3 is 4.74 Å². The van der Waals surface area contributed by atoms with Crippen LogP contribution in [0.4, 0.5) is 0 Å². The number of rotatable bonds is 3. The Balaban J connectivity index is 2.07. The smallest absolute Gasteiger partial charge is 0.123 e. The van der Waals surface area contributed by atoms with Gasteiger partial charge >= 0.3 is 0 Å². The van der Waals surface area contributed by atoms with Crippen molar-refractivity contribution in [1.29, 1.82) is 0 Å². The van der Waals surface area contributed by atoms with Crippen LogP contribution < -0.4 is 4.74 Å². The molecule has 1 aromatic rings. The Morgan fingerprint density at radius 2 is 1.94 bits per heavy atom. The van der Waals surface area contributed by atoms with Crippen LogP contribution in [0.5, 0.6) is 5.75 Å². The molecule has 0 aromatic heterocycles. The van der Waals surface area contributed by atoms with E-state index in [9.17, 15) is 0 Å². The first-order valence-electron chi connectivity index (χ1n) is 6.92. The Labute approximate surface area is 105 Å². The highest BCUT2D eigenvalue weighted by atomic mass is 16.5. The van der Waals surface area contributed by atoms with Crippen molar-refractivity contribution in [3.8, 4) is 5.75 Å². The molecule has 0 radical (unpaired) electrons. The predicted molar refractivity (Wildman–Crippen MR) is 72.6 cm³/mol. The van der Waals surface area contributed by atoms with Crippen LogP contribution in [0.1, 0.15) is 57.9 Å². The summed E-state index contributed by atoms with van der Waals surface area (Å²) in [7, 11) is 0. The third kappa shape index (κ3) is 3.24. The number of benzene rings is 1. The minimum Gasteiger partial charge on any atom is -0.490 e. The van der Waals surface area contributed by atoms with E-state index in [2.05, 4.69) is 45.0 Å². The number of hydrogen-bond donors (Lipinski definition) is 0. The van der Waals surface area contributed by atoms with Gasteiger partial charge in [-0.05, 0) is 42.7 Å². The molecule has 0 amide bonds. The lowest BCUT2D eigenvalue weighted by atomic mass is 9.88. The van der Waals surface area contributed by atoms with E-state index in [4.69, 9.17) is 4.74 Å². The number of ether oxygens (including phenoxy) is 1. The van der Waals surface area contributed by atoms with Crippen LogP contribution in [-0.2, 0) is 0 Å². The molecule has 1 aliphatic carbocycles. The second-order valence-electron chi connectivity index (χ2n) is 5.70. The maximum absolute atomic E-state index is 6.22. The average Bonchev–Trinajstić information content (AvgIpc) is 2.29. The molecule has 17 heavy (non-hydrogen) atoms. The summed E-state index contributed by atoms with van der Waals surface area (Å²) >= 11 is 0. The van der Waals surface area contributed by atoms with E-state index in [0.29, 0.717) is 12.0 Å². The molecule has 0 bridgehead atoms. The summed E-state index contributed by atoms with van der Waals surface area (Å²) in [5, 5.41) is 0. The zero-order chi connectivity index (χ0) is 12.3. The molecule has 2 atom stereocenters. The summed E-state index contributed by atoms with van der Waals surface area (Å²) in [5.74, 6) is 2.45. The molecule has 1 saturated carbocycles. The van der Waals surface area contributed by atoms with Crippen molar-refractivity contribution in [2.24, 2.45) is 5.92 Å². The predicted octanol–water partition coefficient (Wildman–Crippen LogP) is 4.77. The maximum Gasteiger partial charge on any atom is 0.123 e. The van der Waals surface area contributed by atoms with Gasteiger partial charge in [0.25, 0.3) is 0 Å². The van der Waals surface area contributed by atoms with Crippen LogP contribution in [0, 0.1) is 5.92 Å². The number of hydrogen-bond acceptors (Lipinski definition) is 1. The summed E-state index contributed by atoms with van der Waals surface area (Å²) in [6.07, 6.45) is 5.54. The molecule has 0 spiro atoms. The van der Waals surface area contributed by atoms with Gasteiger partial charge in [0, 0.05) is 0 Å². The second-order valence-corrected chi connectivity index (χ2v) is 5.70. The molecule has 0 heterocycles. The van der Waals surface area contributed by atoms with Crippen LogP contribution in [0.2, 0.25) is 0 Å². The van der Waals surface area contributed by atoms with Crippen molar-refractivity contribution < 1.29 is 4.74 Å². The van der Waals surface area contributed by atoms with Gasteiger partial charge in [-0.1, -0.05) is 45.4 Å². The summed E-state index contributed by atoms with van der Waals surface area (Å²) in [6, 6.07) is 8.49. The van der Waals surface area contributed by atoms with Crippen LogP contribution in [0.3, 0.4) is 0 Å². The summed E-state index contributed by atoms with van der Waals surface area (Å²) in [6.45, 7) is 6.79. The van der Waals surface area contributed by atoms with E-state index >= 15 is 0 Å². The molecule has 1 aromatic carbocycles.